The van der Waals surface area contributed by atoms with Crippen LogP contribution in [0.15, 0.2) is 34.1 Å². The van der Waals surface area contributed by atoms with E-state index in [0.717, 1.165) is 8.14 Å². The third kappa shape index (κ3) is 3.21. The number of aryl methyl sites for hydroxylation is 1. The molecule has 3 rings (SSSR count). The first-order valence-corrected chi connectivity index (χ1v) is 8.61. The van der Waals surface area contributed by atoms with Gasteiger partial charge in [0.15, 0.2) is 5.52 Å². The minimum Gasteiger partial charge on any atom is -0.324 e. The van der Waals surface area contributed by atoms with Gasteiger partial charge in [-0.25, -0.2) is 9.78 Å². The van der Waals surface area contributed by atoms with E-state index < -0.39 is 11.2 Å². The zero-order valence-electron chi connectivity index (χ0n) is 13.3. The van der Waals surface area contributed by atoms with Gasteiger partial charge in [0, 0.05) is 22.7 Å². The molecule has 8 nitrogen and oxygen atoms in total. The van der Waals surface area contributed by atoms with Crippen molar-refractivity contribution in [3.05, 3.63) is 54.0 Å². The zero-order valence-corrected chi connectivity index (χ0v) is 16.2. The fourth-order valence-electron chi connectivity index (χ4n) is 2.49. The molecule has 130 valence electrons. The Hall–Kier alpha value is -2.14. The fourth-order valence-corrected chi connectivity index (χ4v) is 3.14. The molecule has 0 unspecified atom stereocenters. The first kappa shape index (κ1) is 17.7. The Kier molecular flexibility index (Phi) is 4.69. The molecule has 10 heteroatoms. The van der Waals surface area contributed by atoms with E-state index in [1.165, 1.54) is 29.6 Å². The maximum absolute atomic E-state index is 12.4. The highest BCUT2D eigenvalue weighted by Crippen LogP contribution is 2.22. The SMILES string of the molecule is Cn1c(=O)c2ncn(CC(=O)Nc3cc(Cl)ccc3I)c2n(C)c1=O. The number of amides is 1. The van der Waals surface area contributed by atoms with Gasteiger partial charge in [-0.15, -0.1) is 0 Å². The number of anilines is 1. The second-order valence-electron chi connectivity index (χ2n) is 5.42. The van der Waals surface area contributed by atoms with E-state index in [0.29, 0.717) is 16.4 Å². The smallest absolute Gasteiger partial charge is 0.324 e. The van der Waals surface area contributed by atoms with Crippen LogP contribution in [-0.2, 0) is 25.4 Å². The van der Waals surface area contributed by atoms with E-state index in [-0.39, 0.29) is 18.0 Å². The highest BCUT2D eigenvalue weighted by molar-refractivity contribution is 14.1. The van der Waals surface area contributed by atoms with Crippen molar-refractivity contribution in [1.82, 2.24) is 18.7 Å². The summed E-state index contributed by atoms with van der Waals surface area (Å²) in [5.41, 5.74) is 0.0387. The molecule has 1 amide bonds. The summed E-state index contributed by atoms with van der Waals surface area (Å²) >= 11 is 8.04. The number of rotatable bonds is 3. The number of imidazole rings is 1. The molecule has 25 heavy (non-hydrogen) atoms. The van der Waals surface area contributed by atoms with Crippen LogP contribution in [0.25, 0.3) is 11.2 Å². The molecule has 1 aromatic carbocycles. The van der Waals surface area contributed by atoms with Gasteiger partial charge in [0.05, 0.1) is 12.0 Å². The third-order valence-electron chi connectivity index (χ3n) is 3.73. The number of halogens is 2. The molecule has 2 aromatic heterocycles. The number of carbonyl (C=O) groups excluding carboxylic acids is 1. The average Bonchev–Trinajstić information content (AvgIpc) is 2.98. The molecule has 0 radical (unpaired) electrons. The second kappa shape index (κ2) is 6.64. The predicted octanol–water partition coefficient (Wildman–Crippen LogP) is 1.33. The number of hydrogen-bond donors (Lipinski definition) is 1. The summed E-state index contributed by atoms with van der Waals surface area (Å²) in [5, 5.41) is 3.27. The fraction of sp³-hybridized carbons (Fsp3) is 0.200. The summed E-state index contributed by atoms with van der Waals surface area (Å²) in [4.78, 5) is 40.6. The first-order valence-electron chi connectivity index (χ1n) is 7.15. The topological polar surface area (TPSA) is 90.9 Å². The van der Waals surface area contributed by atoms with Gasteiger partial charge in [0.2, 0.25) is 5.91 Å². The number of nitrogens with zero attached hydrogens (tertiary/aromatic N) is 4. The molecule has 0 atom stereocenters. The van der Waals surface area contributed by atoms with Gasteiger partial charge in [-0.2, -0.15) is 0 Å². The van der Waals surface area contributed by atoms with Crippen LogP contribution in [0.3, 0.4) is 0 Å². The number of aromatic nitrogens is 4. The lowest BCUT2D eigenvalue weighted by Gasteiger charge is -2.10. The van der Waals surface area contributed by atoms with Crippen LogP contribution in [0.2, 0.25) is 5.02 Å². The normalized spacial score (nSPS) is 11.0. The Balaban J connectivity index is 1.96. The molecule has 0 aliphatic carbocycles. The quantitative estimate of drug-likeness (QED) is 0.581. The number of benzene rings is 1. The van der Waals surface area contributed by atoms with Crippen LogP contribution >= 0.6 is 34.2 Å². The Bertz CT molecular complexity index is 1110. The lowest BCUT2D eigenvalue weighted by molar-refractivity contribution is -0.116. The van der Waals surface area contributed by atoms with Crippen molar-refractivity contribution >= 4 is 57.0 Å². The molecule has 0 saturated heterocycles. The van der Waals surface area contributed by atoms with E-state index in [4.69, 9.17) is 11.6 Å². The number of hydrogen-bond acceptors (Lipinski definition) is 4. The number of nitrogens with one attached hydrogen (secondary N) is 1. The van der Waals surface area contributed by atoms with E-state index >= 15 is 0 Å². The second-order valence-corrected chi connectivity index (χ2v) is 7.02. The Morgan fingerprint density at radius 2 is 2.00 bits per heavy atom. The molecule has 0 saturated carbocycles. The van der Waals surface area contributed by atoms with Crippen molar-refractivity contribution in [2.45, 2.75) is 6.54 Å². The van der Waals surface area contributed by atoms with Crippen LogP contribution in [-0.4, -0.2) is 24.6 Å². The van der Waals surface area contributed by atoms with Gasteiger partial charge in [0.1, 0.15) is 12.2 Å². The lowest BCUT2D eigenvalue weighted by atomic mass is 10.3. The number of fused-ring (bicyclic) bond motifs is 1. The molecular weight excluding hydrogens is 461 g/mol. The first-order chi connectivity index (χ1) is 11.8. The van der Waals surface area contributed by atoms with E-state index in [9.17, 15) is 14.4 Å². The van der Waals surface area contributed by atoms with Crippen LogP contribution in [0.4, 0.5) is 5.69 Å². The average molecular weight is 474 g/mol. The van der Waals surface area contributed by atoms with Gasteiger partial charge in [-0.1, -0.05) is 11.6 Å². The summed E-state index contributed by atoms with van der Waals surface area (Å²) < 4.78 is 4.58. The van der Waals surface area contributed by atoms with Gasteiger partial charge in [0.25, 0.3) is 5.56 Å². The van der Waals surface area contributed by atoms with Crippen molar-refractivity contribution < 1.29 is 4.79 Å². The maximum atomic E-state index is 12.4. The van der Waals surface area contributed by atoms with Gasteiger partial charge < -0.3 is 9.88 Å². The summed E-state index contributed by atoms with van der Waals surface area (Å²) in [6, 6.07) is 5.17. The zero-order chi connectivity index (χ0) is 18.3. The van der Waals surface area contributed by atoms with Crippen molar-refractivity contribution in [3.8, 4) is 0 Å². The largest absolute Gasteiger partial charge is 0.332 e. The van der Waals surface area contributed by atoms with Gasteiger partial charge >= 0.3 is 5.69 Å². The monoisotopic (exact) mass is 473 g/mol. The third-order valence-corrected chi connectivity index (χ3v) is 4.90. The maximum Gasteiger partial charge on any atom is 0.332 e. The van der Waals surface area contributed by atoms with Crippen LogP contribution in [0.1, 0.15) is 0 Å². The minimum absolute atomic E-state index is 0.0977. The summed E-state index contributed by atoms with van der Waals surface area (Å²) in [6.07, 6.45) is 1.37. The van der Waals surface area contributed by atoms with Crippen LogP contribution in [0, 0.1) is 3.57 Å². The van der Waals surface area contributed by atoms with Gasteiger partial charge in [-0.05, 0) is 40.8 Å². The highest BCUT2D eigenvalue weighted by Gasteiger charge is 2.16. The Labute approximate surface area is 160 Å². The van der Waals surface area contributed by atoms with Crippen molar-refractivity contribution in [2.24, 2.45) is 14.1 Å². The summed E-state index contributed by atoms with van der Waals surface area (Å²) in [7, 11) is 2.91. The molecule has 0 aliphatic heterocycles. The molecule has 0 bridgehead atoms. The van der Waals surface area contributed by atoms with Gasteiger partial charge in [-0.3, -0.25) is 18.7 Å². The van der Waals surface area contributed by atoms with E-state index in [1.807, 2.05) is 0 Å². The summed E-state index contributed by atoms with van der Waals surface area (Å²) in [5.74, 6) is -0.326. The lowest BCUT2D eigenvalue weighted by Crippen LogP contribution is -2.37. The van der Waals surface area contributed by atoms with Crippen LogP contribution in [0.5, 0.6) is 0 Å². The molecule has 0 spiro atoms. The highest BCUT2D eigenvalue weighted by atomic mass is 127. The van der Waals surface area contributed by atoms with Crippen molar-refractivity contribution in [2.75, 3.05) is 5.32 Å². The summed E-state index contributed by atoms with van der Waals surface area (Å²) in [6.45, 7) is -0.0977. The Morgan fingerprint density at radius 1 is 1.28 bits per heavy atom. The van der Waals surface area contributed by atoms with Crippen molar-refractivity contribution in [3.63, 3.8) is 0 Å². The van der Waals surface area contributed by atoms with Crippen molar-refractivity contribution in [1.29, 1.82) is 0 Å². The van der Waals surface area contributed by atoms with E-state index in [2.05, 4.69) is 32.9 Å². The molecule has 0 aliphatic rings. The molecule has 0 fully saturated rings. The minimum atomic E-state index is -0.498. The number of carbonyl (C=O) groups is 1. The molecule has 3 aromatic rings. The predicted molar refractivity (Wildman–Crippen MR) is 103 cm³/mol. The molecule has 2 heterocycles. The molecular formula is C15H13ClIN5O3. The Morgan fingerprint density at radius 3 is 2.72 bits per heavy atom. The standard InChI is InChI=1S/C15H13ClIN5O3/c1-20-13-12(14(24)21(2)15(20)25)18-7-22(13)6-11(23)19-10-5-8(16)3-4-9(10)17/h3-5,7H,6H2,1-2H3,(H,19,23). The van der Waals surface area contributed by atoms with Crippen LogP contribution < -0.4 is 16.6 Å². The van der Waals surface area contributed by atoms with E-state index in [1.54, 1.807) is 18.2 Å². The molecule has 1 N–H and O–H groups in total.